The minimum Gasteiger partial charge on any atom is -0.468 e. The van der Waals surface area contributed by atoms with Crippen molar-refractivity contribution in [1.82, 2.24) is 10.2 Å². The van der Waals surface area contributed by atoms with Crippen LogP contribution < -0.4 is 5.32 Å². The van der Waals surface area contributed by atoms with E-state index in [2.05, 4.69) is 10.2 Å². The Morgan fingerprint density at radius 2 is 1.92 bits per heavy atom. The molecule has 2 fully saturated rings. The van der Waals surface area contributed by atoms with Crippen molar-refractivity contribution in [1.29, 1.82) is 0 Å². The van der Waals surface area contributed by atoms with Crippen LogP contribution in [0.5, 0.6) is 0 Å². The highest BCUT2D eigenvalue weighted by Crippen LogP contribution is 2.35. The fourth-order valence-electron chi connectivity index (χ4n) is 4.25. The number of nitrogens with one attached hydrogen (secondary N) is 1. The van der Waals surface area contributed by atoms with E-state index in [1.54, 1.807) is 6.26 Å². The lowest BCUT2D eigenvalue weighted by Gasteiger charge is -2.46. The molecule has 5 heteroatoms. The monoisotopic (exact) mass is 364 g/mol. The van der Waals surface area contributed by atoms with Crippen LogP contribution in [0.3, 0.4) is 0 Å². The van der Waals surface area contributed by atoms with Crippen LogP contribution in [-0.4, -0.2) is 41.7 Å². The van der Waals surface area contributed by atoms with Crippen molar-refractivity contribution in [3.63, 3.8) is 0 Å². The van der Waals surface area contributed by atoms with E-state index in [1.807, 2.05) is 23.9 Å². The van der Waals surface area contributed by atoms with Gasteiger partial charge < -0.3 is 9.73 Å². The van der Waals surface area contributed by atoms with E-state index in [-0.39, 0.29) is 5.54 Å². The summed E-state index contributed by atoms with van der Waals surface area (Å²) in [6.07, 6.45) is 12.3. The van der Waals surface area contributed by atoms with Gasteiger partial charge in [0.1, 0.15) is 11.3 Å². The van der Waals surface area contributed by atoms with Crippen LogP contribution in [-0.2, 0) is 10.5 Å². The second-order valence-electron chi connectivity index (χ2n) is 7.38. The van der Waals surface area contributed by atoms with Crippen LogP contribution in [0.1, 0.15) is 63.5 Å². The zero-order chi connectivity index (χ0) is 17.4. The smallest absolute Gasteiger partial charge is 0.240 e. The summed E-state index contributed by atoms with van der Waals surface area (Å²) in [6.45, 7) is 3.00. The molecule has 3 rings (SSSR count). The van der Waals surface area contributed by atoms with Crippen LogP contribution in [0.15, 0.2) is 22.8 Å². The second-order valence-corrected chi connectivity index (χ2v) is 8.49. The molecule has 1 aromatic heterocycles. The third-order valence-corrected chi connectivity index (χ3v) is 6.71. The van der Waals surface area contributed by atoms with Gasteiger partial charge in [-0.2, -0.15) is 11.8 Å². The molecule has 4 nitrogen and oxygen atoms in total. The van der Waals surface area contributed by atoms with Gasteiger partial charge in [0.15, 0.2) is 0 Å². The van der Waals surface area contributed by atoms with E-state index in [1.165, 1.54) is 38.5 Å². The highest BCUT2D eigenvalue weighted by Gasteiger charge is 2.44. The van der Waals surface area contributed by atoms with Crippen LogP contribution in [0, 0.1) is 0 Å². The predicted molar refractivity (Wildman–Crippen MR) is 104 cm³/mol. The van der Waals surface area contributed by atoms with Crippen molar-refractivity contribution in [3.8, 4) is 0 Å². The Kier molecular flexibility index (Phi) is 7.29. The number of carbonyl (C=O) groups is 1. The average molecular weight is 365 g/mol. The number of thioether (sulfide) groups is 1. The molecule has 0 aromatic carbocycles. The molecule has 2 heterocycles. The van der Waals surface area contributed by atoms with Crippen LogP contribution in [0.25, 0.3) is 0 Å². The number of furan rings is 1. The Morgan fingerprint density at radius 1 is 1.16 bits per heavy atom. The summed E-state index contributed by atoms with van der Waals surface area (Å²) in [5, 5.41) is 3.27. The van der Waals surface area contributed by atoms with Gasteiger partial charge in [-0.3, -0.25) is 9.69 Å². The van der Waals surface area contributed by atoms with E-state index in [4.69, 9.17) is 4.42 Å². The summed E-state index contributed by atoms with van der Waals surface area (Å²) in [6, 6.07) is 3.94. The Labute approximate surface area is 156 Å². The van der Waals surface area contributed by atoms with Crippen molar-refractivity contribution >= 4 is 17.7 Å². The molecule has 0 spiro atoms. The largest absolute Gasteiger partial charge is 0.468 e. The van der Waals surface area contributed by atoms with Gasteiger partial charge in [0.05, 0.1) is 12.0 Å². The Hall–Kier alpha value is -0.940. The maximum atomic E-state index is 13.1. The van der Waals surface area contributed by atoms with E-state index in [9.17, 15) is 4.79 Å². The highest BCUT2D eigenvalue weighted by molar-refractivity contribution is 7.98. The lowest BCUT2D eigenvalue weighted by atomic mass is 9.78. The summed E-state index contributed by atoms with van der Waals surface area (Å²) in [5.41, 5.74) is -0.208. The molecule has 0 radical (unpaired) electrons. The topological polar surface area (TPSA) is 45.5 Å². The maximum Gasteiger partial charge on any atom is 0.240 e. The molecule has 2 aliphatic rings. The molecular weight excluding hydrogens is 332 g/mol. The van der Waals surface area contributed by atoms with E-state index >= 15 is 0 Å². The molecule has 1 aromatic rings. The van der Waals surface area contributed by atoms with Gasteiger partial charge in [-0.25, -0.2) is 0 Å². The number of likely N-dealkylation sites (tertiary alicyclic amines) is 1. The fraction of sp³-hybridized carbons (Fsp3) is 0.750. The summed E-state index contributed by atoms with van der Waals surface area (Å²) in [7, 11) is 0. The first-order valence-corrected chi connectivity index (χ1v) is 11.1. The molecule has 1 saturated heterocycles. The first-order valence-electron chi connectivity index (χ1n) is 9.95. The van der Waals surface area contributed by atoms with E-state index in [0.29, 0.717) is 5.91 Å². The molecule has 0 bridgehead atoms. The Bertz CT molecular complexity index is 506. The van der Waals surface area contributed by atoms with E-state index < -0.39 is 0 Å². The van der Waals surface area contributed by atoms with Gasteiger partial charge >= 0.3 is 0 Å². The normalized spacial score (nSPS) is 21.1. The minimum absolute atomic E-state index is 0.208. The summed E-state index contributed by atoms with van der Waals surface area (Å²) in [5.74, 6) is 3.29. The third kappa shape index (κ3) is 5.04. The van der Waals surface area contributed by atoms with Crippen LogP contribution >= 0.6 is 11.8 Å². The van der Waals surface area contributed by atoms with Crippen LogP contribution in [0.4, 0.5) is 0 Å². The quantitative estimate of drug-likeness (QED) is 0.702. The maximum absolute atomic E-state index is 13.1. The first-order chi connectivity index (χ1) is 12.3. The summed E-state index contributed by atoms with van der Waals surface area (Å²) < 4.78 is 5.34. The van der Waals surface area contributed by atoms with Crippen molar-refractivity contribution < 1.29 is 9.21 Å². The van der Waals surface area contributed by atoms with Crippen molar-refractivity contribution in [2.45, 2.75) is 69.1 Å². The standard InChI is InChI=1S/C20H32N2O2S/c23-19(21-12-8-16-25-17-18-9-7-15-24-18)20(10-3-1-4-11-20)22-13-5-2-6-14-22/h7,9,15H,1-6,8,10-14,16-17H2,(H,21,23). The SMILES string of the molecule is O=C(NCCCSCc1ccco1)C1(N2CCCCC2)CCCCC1. The van der Waals surface area contributed by atoms with Crippen molar-refractivity contribution in [2.24, 2.45) is 0 Å². The summed E-state index contributed by atoms with van der Waals surface area (Å²) >= 11 is 1.87. The predicted octanol–water partition coefficient (Wildman–Crippen LogP) is 4.21. The van der Waals surface area contributed by atoms with Gasteiger partial charge in [0.2, 0.25) is 5.91 Å². The number of rotatable bonds is 8. The van der Waals surface area contributed by atoms with Gasteiger partial charge in [0.25, 0.3) is 0 Å². The number of nitrogens with zero attached hydrogens (tertiary/aromatic N) is 1. The number of piperidine rings is 1. The number of hydrogen-bond acceptors (Lipinski definition) is 4. The number of amides is 1. The van der Waals surface area contributed by atoms with E-state index in [0.717, 1.165) is 56.2 Å². The second kappa shape index (κ2) is 9.67. The lowest BCUT2D eigenvalue weighted by Crippen LogP contribution is -2.61. The average Bonchev–Trinajstić information content (AvgIpc) is 3.19. The molecule has 0 unspecified atom stereocenters. The Morgan fingerprint density at radius 3 is 2.64 bits per heavy atom. The molecular formula is C20H32N2O2S. The van der Waals surface area contributed by atoms with Crippen molar-refractivity contribution in [2.75, 3.05) is 25.4 Å². The fourth-order valence-corrected chi connectivity index (χ4v) is 5.11. The lowest BCUT2D eigenvalue weighted by molar-refractivity contribution is -0.137. The minimum atomic E-state index is -0.208. The molecule has 0 atom stereocenters. The molecule has 1 aliphatic heterocycles. The molecule has 1 saturated carbocycles. The molecule has 1 N–H and O–H groups in total. The van der Waals surface area contributed by atoms with Gasteiger partial charge in [0, 0.05) is 6.54 Å². The van der Waals surface area contributed by atoms with Gasteiger partial charge in [-0.15, -0.1) is 0 Å². The van der Waals surface area contributed by atoms with Gasteiger partial charge in [-0.05, 0) is 63.1 Å². The highest BCUT2D eigenvalue weighted by atomic mass is 32.2. The first kappa shape index (κ1) is 18.8. The third-order valence-electron chi connectivity index (χ3n) is 5.64. The van der Waals surface area contributed by atoms with Gasteiger partial charge in [-0.1, -0.05) is 25.7 Å². The van der Waals surface area contributed by atoms with Crippen LogP contribution in [0.2, 0.25) is 0 Å². The number of hydrogen-bond donors (Lipinski definition) is 1. The molecule has 1 aliphatic carbocycles. The van der Waals surface area contributed by atoms with Crippen molar-refractivity contribution in [3.05, 3.63) is 24.2 Å². The molecule has 1 amide bonds. The molecule has 25 heavy (non-hydrogen) atoms. The molecule has 140 valence electrons. The zero-order valence-corrected chi connectivity index (χ0v) is 16.1. The number of carbonyl (C=O) groups excluding carboxylic acids is 1. The Balaban J connectivity index is 1.42. The zero-order valence-electron chi connectivity index (χ0n) is 15.3. The summed E-state index contributed by atoms with van der Waals surface area (Å²) in [4.78, 5) is 15.6.